The van der Waals surface area contributed by atoms with E-state index in [2.05, 4.69) is 58.7 Å². The second kappa shape index (κ2) is 9.73. The number of anilines is 2. The minimum absolute atomic E-state index is 0. The van der Waals surface area contributed by atoms with Crippen LogP contribution in [0.5, 0.6) is 5.75 Å². The number of carbonyl (C=O) groups is 2. The Balaban J connectivity index is 0.00000245. The molecule has 3 aromatic carbocycles. The van der Waals surface area contributed by atoms with Crippen molar-refractivity contribution >= 4 is 64.5 Å². The summed E-state index contributed by atoms with van der Waals surface area (Å²) in [5, 5.41) is 1.92. The van der Waals surface area contributed by atoms with Gasteiger partial charge in [0.25, 0.3) is 11.1 Å². The van der Waals surface area contributed by atoms with E-state index in [9.17, 15) is 9.59 Å². The lowest BCUT2D eigenvalue weighted by Gasteiger charge is -2.32. The highest BCUT2D eigenvalue weighted by atomic mass is 35.5. The van der Waals surface area contributed by atoms with Crippen LogP contribution in [0.25, 0.3) is 6.08 Å². The Kier molecular flexibility index (Phi) is 6.79. The topological polar surface area (TPSA) is 58.6 Å². The van der Waals surface area contributed by atoms with Gasteiger partial charge in [0.15, 0.2) is 0 Å². The third kappa shape index (κ3) is 4.65. The molecule has 0 atom stereocenters. The number of nitrogens with zero attached hydrogens (tertiary/aromatic N) is 1. The van der Waals surface area contributed by atoms with Gasteiger partial charge in [-0.05, 0) is 59.8 Å². The Morgan fingerprint density at radius 3 is 2.06 bits per heavy atom. The van der Waals surface area contributed by atoms with Crippen molar-refractivity contribution in [2.24, 2.45) is 0 Å². The Morgan fingerprint density at radius 2 is 1.47 bits per heavy atom. The molecule has 0 radical (unpaired) electrons. The van der Waals surface area contributed by atoms with Crippen LogP contribution in [-0.2, 0) is 4.79 Å². The molecule has 2 heterocycles. The van der Waals surface area contributed by atoms with Gasteiger partial charge in [0.2, 0.25) is 0 Å². The molecule has 2 aliphatic heterocycles. The van der Waals surface area contributed by atoms with Crippen molar-refractivity contribution in [1.82, 2.24) is 5.32 Å². The van der Waals surface area contributed by atoms with E-state index in [0.29, 0.717) is 11.5 Å². The molecular weight excluding hydrogens is 464 g/mol. The van der Waals surface area contributed by atoms with Crippen LogP contribution in [0.1, 0.15) is 5.56 Å². The predicted molar refractivity (Wildman–Crippen MR) is 132 cm³/mol. The third-order valence-corrected chi connectivity index (χ3v) is 6.88. The summed E-state index contributed by atoms with van der Waals surface area (Å²) >= 11 is 2.71. The Labute approximate surface area is 200 Å². The standard InChI is InChI=1S/C24H18N2O3S2.ClH/c27-23-22(31-24(28)25-23)15-16-9-11-17(12-10-16)29-14-13-26-18-5-1-3-7-20(18)30-21-8-4-2-6-19(21)26;/h1-12,15H,13-14H2,(H,25,27,28);1H. The zero-order valence-electron chi connectivity index (χ0n) is 16.8. The first-order valence-corrected chi connectivity index (χ1v) is 11.4. The fraction of sp³-hybridized carbons (Fsp3) is 0.0833. The van der Waals surface area contributed by atoms with Gasteiger partial charge in [0.05, 0.1) is 22.8 Å². The summed E-state index contributed by atoms with van der Waals surface area (Å²) in [4.78, 5) is 28.1. The van der Waals surface area contributed by atoms with Crippen LogP contribution in [0.2, 0.25) is 0 Å². The molecule has 3 aromatic rings. The van der Waals surface area contributed by atoms with Crippen LogP contribution >= 0.6 is 35.9 Å². The quantitative estimate of drug-likeness (QED) is 0.442. The highest BCUT2D eigenvalue weighted by Gasteiger charge is 2.25. The van der Waals surface area contributed by atoms with Gasteiger partial charge in [0, 0.05) is 9.79 Å². The van der Waals surface area contributed by atoms with Crippen LogP contribution in [0.4, 0.5) is 16.2 Å². The summed E-state index contributed by atoms with van der Waals surface area (Å²) in [6.45, 7) is 1.25. The number of benzene rings is 3. The van der Waals surface area contributed by atoms with Crippen molar-refractivity contribution in [1.29, 1.82) is 0 Å². The highest BCUT2D eigenvalue weighted by molar-refractivity contribution is 8.18. The fourth-order valence-corrected chi connectivity index (χ4v) is 5.29. The van der Waals surface area contributed by atoms with Gasteiger partial charge < -0.3 is 9.64 Å². The lowest BCUT2D eigenvalue weighted by atomic mass is 10.2. The molecule has 0 bridgehead atoms. The molecule has 0 spiro atoms. The molecule has 1 fully saturated rings. The summed E-state index contributed by atoms with van der Waals surface area (Å²) < 4.78 is 5.99. The van der Waals surface area contributed by atoms with E-state index in [4.69, 9.17) is 4.74 Å². The number of carbonyl (C=O) groups excluding carboxylic acids is 2. The molecule has 32 heavy (non-hydrogen) atoms. The zero-order valence-corrected chi connectivity index (χ0v) is 19.3. The molecule has 0 saturated carbocycles. The molecule has 2 amide bonds. The number of halogens is 1. The summed E-state index contributed by atoms with van der Waals surface area (Å²) in [6.07, 6.45) is 1.70. The first-order valence-electron chi connectivity index (χ1n) is 9.78. The van der Waals surface area contributed by atoms with Gasteiger partial charge in [-0.1, -0.05) is 48.2 Å². The Hall–Kier alpha value is -2.87. The highest BCUT2D eigenvalue weighted by Crippen LogP contribution is 2.47. The SMILES string of the molecule is Cl.O=C1NC(=O)C(=Cc2ccc(OCCN3c4ccccc4Sc4ccccc43)cc2)S1. The van der Waals surface area contributed by atoms with Crippen molar-refractivity contribution in [3.05, 3.63) is 83.3 Å². The second-order valence-electron chi connectivity index (χ2n) is 6.96. The number of hydrogen-bond acceptors (Lipinski definition) is 6. The number of ether oxygens (including phenoxy) is 1. The van der Waals surface area contributed by atoms with E-state index >= 15 is 0 Å². The second-order valence-corrected chi connectivity index (χ2v) is 9.06. The van der Waals surface area contributed by atoms with Crippen molar-refractivity contribution in [2.75, 3.05) is 18.1 Å². The number of rotatable bonds is 5. The fourth-order valence-electron chi connectivity index (χ4n) is 3.51. The number of hydrogen-bond donors (Lipinski definition) is 1. The van der Waals surface area contributed by atoms with Crippen molar-refractivity contribution in [3.63, 3.8) is 0 Å². The monoisotopic (exact) mass is 482 g/mol. The number of amides is 2. The van der Waals surface area contributed by atoms with Gasteiger partial charge in [0.1, 0.15) is 12.4 Å². The van der Waals surface area contributed by atoms with Gasteiger partial charge in [-0.25, -0.2) is 0 Å². The van der Waals surface area contributed by atoms with Crippen LogP contribution in [0.15, 0.2) is 87.5 Å². The van der Waals surface area contributed by atoms with E-state index < -0.39 is 0 Å². The average molecular weight is 483 g/mol. The lowest BCUT2D eigenvalue weighted by Crippen LogP contribution is -2.26. The third-order valence-electron chi connectivity index (χ3n) is 4.94. The summed E-state index contributed by atoms with van der Waals surface area (Å²) in [5.74, 6) is 0.408. The maximum atomic E-state index is 11.7. The molecule has 5 nitrogen and oxygen atoms in total. The van der Waals surface area contributed by atoms with Crippen LogP contribution in [-0.4, -0.2) is 24.3 Å². The summed E-state index contributed by atoms with van der Waals surface area (Å²) in [6, 6.07) is 24.3. The van der Waals surface area contributed by atoms with Crippen LogP contribution in [0, 0.1) is 0 Å². The smallest absolute Gasteiger partial charge is 0.290 e. The minimum atomic E-state index is -0.351. The number of para-hydroxylation sites is 2. The normalized spacial score (nSPS) is 15.6. The number of thioether (sulfide) groups is 1. The van der Waals surface area contributed by atoms with Crippen molar-refractivity contribution in [3.8, 4) is 5.75 Å². The van der Waals surface area contributed by atoms with Crippen LogP contribution < -0.4 is 15.0 Å². The van der Waals surface area contributed by atoms with E-state index in [1.807, 2.05) is 24.3 Å². The molecule has 0 unspecified atom stereocenters. The summed E-state index contributed by atoms with van der Waals surface area (Å²) in [7, 11) is 0. The molecule has 5 rings (SSSR count). The molecule has 0 aliphatic carbocycles. The summed E-state index contributed by atoms with van der Waals surface area (Å²) in [5.41, 5.74) is 3.23. The first-order chi connectivity index (χ1) is 15.2. The molecule has 0 aromatic heterocycles. The van der Waals surface area contributed by atoms with Crippen molar-refractivity contribution < 1.29 is 14.3 Å². The van der Waals surface area contributed by atoms with E-state index in [1.165, 1.54) is 21.2 Å². The van der Waals surface area contributed by atoms with Gasteiger partial charge in [-0.15, -0.1) is 12.4 Å². The molecule has 1 saturated heterocycles. The average Bonchev–Trinajstić information content (AvgIpc) is 3.11. The van der Waals surface area contributed by atoms with E-state index in [1.54, 1.807) is 17.8 Å². The Bertz CT molecular complexity index is 1150. The predicted octanol–water partition coefficient (Wildman–Crippen LogP) is 6.11. The minimum Gasteiger partial charge on any atom is -0.492 e. The number of nitrogens with one attached hydrogen (secondary N) is 1. The maximum absolute atomic E-state index is 11.7. The van der Waals surface area contributed by atoms with Crippen molar-refractivity contribution in [2.45, 2.75) is 9.79 Å². The zero-order chi connectivity index (χ0) is 21.2. The number of fused-ring (bicyclic) bond motifs is 2. The van der Waals surface area contributed by atoms with Crippen LogP contribution in [0.3, 0.4) is 0 Å². The Morgan fingerprint density at radius 1 is 0.844 bits per heavy atom. The van der Waals surface area contributed by atoms with E-state index in [-0.39, 0.29) is 23.6 Å². The first kappa shape index (κ1) is 22.3. The largest absolute Gasteiger partial charge is 0.492 e. The molecule has 2 aliphatic rings. The number of imide groups is 1. The maximum Gasteiger partial charge on any atom is 0.290 e. The molecule has 8 heteroatoms. The molecule has 162 valence electrons. The van der Waals surface area contributed by atoms with Gasteiger partial charge in [-0.3, -0.25) is 14.9 Å². The molecule has 1 N–H and O–H groups in total. The van der Waals surface area contributed by atoms with Gasteiger partial charge >= 0.3 is 0 Å². The molecular formula is C24H19ClN2O3S2. The lowest BCUT2D eigenvalue weighted by molar-refractivity contribution is -0.115. The van der Waals surface area contributed by atoms with Gasteiger partial charge in [-0.2, -0.15) is 0 Å². The van der Waals surface area contributed by atoms with E-state index in [0.717, 1.165) is 29.6 Å².